The van der Waals surface area contributed by atoms with Crippen LogP contribution in [0.15, 0.2) is 23.3 Å². The number of hydrogen-bond donors (Lipinski definition) is 2. The Labute approximate surface area is 96.7 Å². The summed E-state index contributed by atoms with van der Waals surface area (Å²) in [5.41, 5.74) is 6.16. The van der Waals surface area contributed by atoms with Gasteiger partial charge in [0.1, 0.15) is 12.0 Å². The predicted octanol–water partition coefficient (Wildman–Crippen LogP) is -0.306. The molecule has 7 nitrogen and oxygen atoms in total. The summed E-state index contributed by atoms with van der Waals surface area (Å²) >= 11 is 0. The Morgan fingerprint density at radius 3 is 2.94 bits per heavy atom. The summed E-state index contributed by atoms with van der Waals surface area (Å²) < 4.78 is 4.97. The van der Waals surface area contributed by atoms with Crippen molar-refractivity contribution < 1.29 is 4.74 Å². The van der Waals surface area contributed by atoms with Gasteiger partial charge in [-0.25, -0.2) is 15.0 Å². The topological polar surface area (TPSA) is 107 Å². The molecular formula is C10H11N5O2. The quantitative estimate of drug-likeness (QED) is 0.753. The van der Waals surface area contributed by atoms with Gasteiger partial charge in [-0.2, -0.15) is 0 Å². The van der Waals surface area contributed by atoms with E-state index in [1.54, 1.807) is 6.07 Å². The molecule has 2 aromatic heterocycles. The second-order valence-electron chi connectivity index (χ2n) is 3.24. The lowest BCUT2D eigenvalue weighted by Crippen LogP contribution is -2.13. The molecular weight excluding hydrogens is 222 g/mol. The number of nitrogens with zero attached hydrogens (tertiary/aromatic N) is 3. The van der Waals surface area contributed by atoms with Crippen LogP contribution in [0.1, 0.15) is 5.69 Å². The predicted molar refractivity (Wildman–Crippen MR) is 60.3 cm³/mol. The van der Waals surface area contributed by atoms with Gasteiger partial charge in [0.05, 0.1) is 12.8 Å². The standard InChI is InChI=1S/C10H11N5O2/c1-17-9-3-7(12-5-13-9)10-14-6(4-11)2-8(16)15-10/h2-3,5H,4,11H2,1H3,(H,14,15,16). The van der Waals surface area contributed by atoms with Gasteiger partial charge in [0.2, 0.25) is 5.88 Å². The lowest BCUT2D eigenvalue weighted by Gasteiger charge is -2.03. The van der Waals surface area contributed by atoms with Crippen LogP contribution in [0.3, 0.4) is 0 Å². The molecule has 0 unspecified atom stereocenters. The van der Waals surface area contributed by atoms with Gasteiger partial charge >= 0.3 is 0 Å². The van der Waals surface area contributed by atoms with Gasteiger partial charge in [0.25, 0.3) is 5.56 Å². The SMILES string of the molecule is COc1cc(-c2nc(CN)cc(=O)[nH]2)ncn1. The molecule has 0 radical (unpaired) electrons. The highest BCUT2D eigenvalue weighted by Gasteiger charge is 2.06. The van der Waals surface area contributed by atoms with Gasteiger partial charge in [-0.3, -0.25) is 4.79 Å². The average Bonchev–Trinajstić information content (AvgIpc) is 2.38. The number of nitrogens with two attached hydrogens (primary N) is 1. The van der Waals surface area contributed by atoms with Crippen LogP contribution in [0, 0.1) is 0 Å². The fourth-order valence-electron chi connectivity index (χ4n) is 1.31. The smallest absolute Gasteiger partial charge is 0.251 e. The molecule has 3 N–H and O–H groups in total. The third kappa shape index (κ3) is 2.45. The highest BCUT2D eigenvalue weighted by Crippen LogP contribution is 2.14. The van der Waals surface area contributed by atoms with Crippen LogP contribution in [0.4, 0.5) is 0 Å². The van der Waals surface area contributed by atoms with E-state index in [0.29, 0.717) is 23.1 Å². The summed E-state index contributed by atoms with van der Waals surface area (Å²) in [6.45, 7) is 0.194. The minimum absolute atomic E-state index is 0.194. The Morgan fingerprint density at radius 1 is 1.41 bits per heavy atom. The van der Waals surface area contributed by atoms with E-state index in [-0.39, 0.29) is 12.1 Å². The van der Waals surface area contributed by atoms with Crippen LogP contribution >= 0.6 is 0 Å². The zero-order valence-electron chi connectivity index (χ0n) is 9.17. The van der Waals surface area contributed by atoms with Crippen LogP contribution in [0.25, 0.3) is 11.5 Å². The molecule has 2 heterocycles. The van der Waals surface area contributed by atoms with Gasteiger partial charge in [0, 0.05) is 18.7 Å². The van der Waals surface area contributed by atoms with Crippen LogP contribution in [0.5, 0.6) is 5.88 Å². The largest absolute Gasteiger partial charge is 0.481 e. The van der Waals surface area contributed by atoms with Crippen LogP contribution in [-0.2, 0) is 6.54 Å². The van der Waals surface area contributed by atoms with Crippen molar-refractivity contribution in [1.82, 2.24) is 19.9 Å². The van der Waals surface area contributed by atoms with Crippen LogP contribution < -0.4 is 16.0 Å². The second kappa shape index (κ2) is 4.71. The van der Waals surface area contributed by atoms with Crippen molar-refractivity contribution in [3.63, 3.8) is 0 Å². The first-order chi connectivity index (χ1) is 8.22. The summed E-state index contributed by atoms with van der Waals surface area (Å²) in [6.07, 6.45) is 1.34. The van der Waals surface area contributed by atoms with E-state index in [1.807, 2.05) is 0 Å². The van der Waals surface area contributed by atoms with Gasteiger partial charge in [-0.1, -0.05) is 0 Å². The molecule has 7 heteroatoms. The van der Waals surface area contributed by atoms with Gasteiger partial charge in [-0.15, -0.1) is 0 Å². The van der Waals surface area contributed by atoms with E-state index < -0.39 is 0 Å². The van der Waals surface area contributed by atoms with Crippen molar-refractivity contribution in [1.29, 1.82) is 0 Å². The number of aromatic nitrogens is 4. The van der Waals surface area contributed by atoms with Crippen molar-refractivity contribution in [3.05, 3.63) is 34.5 Å². The molecule has 0 amide bonds. The number of H-pyrrole nitrogens is 1. The number of ether oxygens (including phenoxy) is 1. The maximum Gasteiger partial charge on any atom is 0.251 e. The number of aromatic amines is 1. The van der Waals surface area contributed by atoms with Crippen molar-refractivity contribution in [3.8, 4) is 17.4 Å². The molecule has 0 aliphatic rings. The van der Waals surface area contributed by atoms with Crippen molar-refractivity contribution in [2.24, 2.45) is 5.73 Å². The van der Waals surface area contributed by atoms with E-state index >= 15 is 0 Å². The fourth-order valence-corrected chi connectivity index (χ4v) is 1.31. The van der Waals surface area contributed by atoms with Gasteiger partial charge < -0.3 is 15.5 Å². The summed E-state index contributed by atoms with van der Waals surface area (Å²) in [4.78, 5) is 26.0. The van der Waals surface area contributed by atoms with Gasteiger partial charge in [0.15, 0.2) is 5.82 Å². The Bertz CT molecular complexity index is 581. The maximum absolute atomic E-state index is 11.4. The first kappa shape index (κ1) is 11.2. The van der Waals surface area contributed by atoms with Crippen molar-refractivity contribution in [2.75, 3.05) is 7.11 Å². The van der Waals surface area contributed by atoms with E-state index in [2.05, 4.69) is 19.9 Å². The molecule has 0 aliphatic carbocycles. The molecule has 0 saturated heterocycles. The zero-order chi connectivity index (χ0) is 12.3. The molecule has 0 aromatic carbocycles. The summed E-state index contributed by atoms with van der Waals surface area (Å²) in [5.74, 6) is 0.745. The molecule has 0 saturated carbocycles. The van der Waals surface area contributed by atoms with E-state index in [1.165, 1.54) is 19.5 Å². The summed E-state index contributed by atoms with van der Waals surface area (Å²) in [5, 5.41) is 0. The molecule has 88 valence electrons. The second-order valence-corrected chi connectivity index (χ2v) is 3.24. The molecule has 0 spiro atoms. The minimum atomic E-state index is -0.270. The normalized spacial score (nSPS) is 10.2. The lowest BCUT2D eigenvalue weighted by molar-refractivity contribution is 0.397. The summed E-state index contributed by atoms with van der Waals surface area (Å²) in [6, 6.07) is 2.93. The minimum Gasteiger partial charge on any atom is -0.481 e. The highest BCUT2D eigenvalue weighted by atomic mass is 16.5. The van der Waals surface area contributed by atoms with Crippen molar-refractivity contribution in [2.45, 2.75) is 6.54 Å². The molecule has 0 aliphatic heterocycles. The monoisotopic (exact) mass is 233 g/mol. The number of hydrogen-bond acceptors (Lipinski definition) is 6. The highest BCUT2D eigenvalue weighted by molar-refractivity contribution is 5.49. The van der Waals surface area contributed by atoms with Crippen LogP contribution in [-0.4, -0.2) is 27.0 Å². The number of nitrogens with one attached hydrogen (secondary N) is 1. The number of rotatable bonds is 3. The lowest BCUT2D eigenvalue weighted by atomic mass is 10.3. The molecule has 0 fully saturated rings. The van der Waals surface area contributed by atoms with E-state index in [0.717, 1.165) is 0 Å². The number of methoxy groups -OCH3 is 1. The van der Waals surface area contributed by atoms with Gasteiger partial charge in [-0.05, 0) is 0 Å². The first-order valence-corrected chi connectivity index (χ1v) is 4.89. The first-order valence-electron chi connectivity index (χ1n) is 4.89. The molecule has 0 atom stereocenters. The molecule has 2 aromatic rings. The average molecular weight is 233 g/mol. The summed E-state index contributed by atoms with van der Waals surface area (Å²) in [7, 11) is 1.50. The van der Waals surface area contributed by atoms with E-state index in [4.69, 9.17) is 10.5 Å². The zero-order valence-corrected chi connectivity index (χ0v) is 9.17. The Hall–Kier alpha value is -2.28. The van der Waals surface area contributed by atoms with Crippen molar-refractivity contribution >= 4 is 0 Å². The maximum atomic E-state index is 11.4. The third-order valence-electron chi connectivity index (χ3n) is 2.10. The Morgan fingerprint density at radius 2 is 2.24 bits per heavy atom. The third-order valence-corrected chi connectivity index (χ3v) is 2.10. The Balaban J connectivity index is 2.51. The van der Waals surface area contributed by atoms with E-state index in [9.17, 15) is 4.79 Å². The van der Waals surface area contributed by atoms with Crippen LogP contribution in [0.2, 0.25) is 0 Å². The Kier molecular flexibility index (Phi) is 3.10. The molecule has 0 bridgehead atoms. The molecule has 2 rings (SSSR count). The fraction of sp³-hybridized carbons (Fsp3) is 0.200. The molecule has 17 heavy (non-hydrogen) atoms.